The van der Waals surface area contributed by atoms with Crippen LogP contribution in [0.15, 0.2) is 27.6 Å². The van der Waals surface area contributed by atoms with Crippen molar-refractivity contribution in [2.75, 3.05) is 0 Å². The molecule has 23 heavy (non-hydrogen) atoms. The highest BCUT2D eigenvalue weighted by Gasteiger charge is 2.36. The van der Waals surface area contributed by atoms with Crippen molar-refractivity contribution in [3.8, 4) is 11.5 Å². The summed E-state index contributed by atoms with van der Waals surface area (Å²) in [4.78, 5) is 3.64. The Balaban J connectivity index is 0.00000192. The molecule has 0 spiro atoms. The van der Waals surface area contributed by atoms with Gasteiger partial charge in [0.25, 0.3) is 5.89 Å². The second-order valence-corrected chi connectivity index (χ2v) is 7.01. The zero-order valence-corrected chi connectivity index (χ0v) is 13.7. The summed E-state index contributed by atoms with van der Waals surface area (Å²) in [6.07, 6.45) is 3.53. The van der Waals surface area contributed by atoms with Gasteiger partial charge in [-0.3, -0.25) is 0 Å². The molecule has 1 heterocycles. The van der Waals surface area contributed by atoms with Crippen molar-refractivity contribution in [2.45, 2.75) is 36.1 Å². The Morgan fingerprint density at radius 2 is 1.91 bits per heavy atom. The van der Waals surface area contributed by atoms with E-state index in [-0.39, 0.29) is 23.9 Å². The number of hydrogen-bond acceptors (Lipinski definition) is 6. The molecule has 1 fully saturated rings. The SMILES string of the molecule is Cl.NC1(c2noc(-c3ccc(S(N)(=O)=O)c(F)c3)n2)CCCC1. The molecule has 4 N–H and O–H groups in total. The molecule has 2 aromatic rings. The number of hydrogen-bond donors (Lipinski definition) is 2. The van der Waals surface area contributed by atoms with Gasteiger partial charge >= 0.3 is 0 Å². The lowest BCUT2D eigenvalue weighted by Crippen LogP contribution is -2.34. The highest BCUT2D eigenvalue weighted by Crippen LogP contribution is 2.35. The van der Waals surface area contributed by atoms with Gasteiger partial charge in [-0.2, -0.15) is 4.98 Å². The topological polar surface area (TPSA) is 125 Å². The molecule has 1 aromatic heterocycles. The van der Waals surface area contributed by atoms with E-state index in [2.05, 4.69) is 10.1 Å². The lowest BCUT2D eigenvalue weighted by molar-refractivity contribution is 0.372. The van der Waals surface area contributed by atoms with E-state index < -0.39 is 26.3 Å². The number of aromatic nitrogens is 2. The van der Waals surface area contributed by atoms with Gasteiger partial charge in [0, 0.05) is 5.56 Å². The summed E-state index contributed by atoms with van der Waals surface area (Å²) in [5.74, 6) is -0.495. The number of halogens is 2. The Morgan fingerprint density at radius 3 is 2.48 bits per heavy atom. The summed E-state index contributed by atoms with van der Waals surface area (Å²) < 4.78 is 41.3. The lowest BCUT2D eigenvalue weighted by atomic mass is 9.99. The molecular formula is C13H16ClFN4O3S. The Bertz CT molecular complexity index is 818. The lowest BCUT2D eigenvalue weighted by Gasteiger charge is -2.17. The predicted octanol–water partition coefficient (Wildman–Crippen LogP) is 1.67. The predicted molar refractivity (Wildman–Crippen MR) is 82.6 cm³/mol. The maximum atomic E-state index is 13.8. The molecule has 7 nitrogen and oxygen atoms in total. The van der Waals surface area contributed by atoms with Crippen LogP contribution in [0.4, 0.5) is 4.39 Å². The van der Waals surface area contributed by atoms with Crippen molar-refractivity contribution >= 4 is 22.4 Å². The van der Waals surface area contributed by atoms with Gasteiger partial charge < -0.3 is 10.3 Å². The quantitative estimate of drug-likeness (QED) is 0.855. The minimum Gasteiger partial charge on any atom is -0.334 e. The number of benzene rings is 1. The van der Waals surface area contributed by atoms with Gasteiger partial charge in [0.1, 0.15) is 10.7 Å². The van der Waals surface area contributed by atoms with Gasteiger partial charge in [0.2, 0.25) is 10.0 Å². The van der Waals surface area contributed by atoms with Crippen LogP contribution in [0, 0.1) is 5.82 Å². The van der Waals surface area contributed by atoms with Gasteiger partial charge in [0.15, 0.2) is 5.82 Å². The van der Waals surface area contributed by atoms with Crippen LogP contribution in [0.25, 0.3) is 11.5 Å². The normalized spacial score (nSPS) is 17.0. The molecule has 3 rings (SSSR count). The highest BCUT2D eigenvalue weighted by atomic mass is 35.5. The van der Waals surface area contributed by atoms with Crippen LogP contribution in [0.5, 0.6) is 0 Å². The van der Waals surface area contributed by atoms with Gasteiger partial charge in [-0.1, -0.05) is 18.0 Å². The van der Waals surface area contributed by atoms with Crippen LogP contribution in [0.3, 0.4) is 0 Å². The fraction of sp³-hybridized carbons (Fsp3) is 0.385. The van der Waals surface area contributed by atoms with Gasteiger partial charge in [0.05, 0.1) is 5.54 Å². The first-order valence-electron chi connectivity index (χ1n) is 6.75. The second kappa shape index (κ2) is 6.16. The summed E-state index contributed by atoms with van der Waals surface area (Å²) in [6, 6.07) is 3.42. The van der Waals surface area contributed by atoms with Crippen molar-refractivity contribution < 1.29 is 17.3 Å². The van der Waals surface area contributed by atoms with Crippen LogP contribution in [0.1, 0.15) is 31.5 Å². The minimum absolute atomic E-state index is 0. The standard InChI is InChI=1S/C13H15FN4O3S.ClH/c14-9-7-8(3-4-10(9)22(16,19)20)11-17-12(18-21-11)13(15)5-1-2-6-13;/h3-4,7H,1-2,5-6,15H2,(H2,16,19,20);1H. The second-order valence-electron chi connectivity index (χ2n) is 5.48. The first kappa shape index (κ1) is 17.8. The van der Waals surface area contributed by atoms with Gasteiger partial charge in [-0.15, -0.1) is 12.4 Å². The zero-order chi connectivity index (χ0) is 16.0. The third kappa shape index (κ3) is 3.37. The first-order chi connectivity index (χ1) is 10.3. The molecule has 10 heteroatoms. The van der Waals surface area contributed by atoms with Gasteiger partial charge in [-0.05, 0) is 31.0 Å². The van der Waals surface area contributed by atoms with Crippen LogP contribution in [0.2, 0.25) is 0 Å². The minimum atomic E-state index is -4.11. The van der Waals surface area contributed by atoms with E-state index in [1.165, 1.54) is 6.07 Å². The Morgan fingerprint density at radius 1 is 1.26 bits per heavy atom. The summed E-state index contributed by atoms with van der Waals surface area (Å²) >= 11 is 0. The molecule has 0 aliphatic heterocycles. The summed E-state index contributed by atoms with van der Waals surface area (Å²) in [6.45, 7) is 0. The molecule has 1 aliphatic rings. The van der Waals surface area contributed by atoms with Crippen molar-refractivity contribution in [2.24, 2.45) is 10.9 Å². The molecule has 126 valence electrons. The number of nitrogens with two attached hydrogens (primary N) is 2. The van der Waals surface area contributed by atoms with E-state index in [1.807, 2.05) is 0 Å². The van der Waals surface area contributed by atoms with Crippen molar-refractivity contribution in [1.29, 1.82) is 0 Å². The van der Waals surface area contributed by atoms with E-state index in [9.17, 15) is 12.8 Å². The largest absolute Gasteiger partial charge is 0.334 e. The molecule has 0 bridgehead atoms. The molecule has 1 aromatic carbocycles. The summed E-state index contributed by atoms with van der Waals surface area (Å²) in [7, 11) is -4.11. The number of sulfonamides is 1. The van der Waals surface area contributed by atoms with Crippen LogP contribution in [-0.4, -0.2) is 18.6 Å². The Kier molecular flexibility index (Phi) is 4.76. The average Bonchev–Trinajstić information content (AvgIpc) is 3.06. The van der Waals surface area contributed by atoms with E-state index in [4.69, 9.17) is 15.4 Å². The summed E-state index contributed by atoms with van der Waals surface area (Å²) in [5, 5.41) is 8.79. The maximum absolute atomic E-state index is 13.8. The molecular weight excluding hydrogens is 347 g/mol. The third-order valence-corrected chi connectivity index (χ3v) is 4.80. The molecule has 0 atom stereocenters. The van der Waals surface area contributed by atoms with Crippen LogP contribution in [-0.2, 0) is 15.6 Å². The molecule has 0 amide bonds. The smallest absolute Gasteiger partial charge is 0.258 e. The number of primary sulfonamides is 1. The van der Waals surface area contributed by atoms with Gasteiger partial charge in [-0.25, -0.2) is 17.9 Å². The van der Waals surface area contributed by atoms with E-state index >= 15 is 0 Å². The fourth-order valence-corrected chi connectivity index (χ4v) is 3.23. The molecule has 1 saturated carbocycles. The number of rotatable bonds is 3. The van der Waals surface area contributed by atoms with Crippen molar-refractivity contribution in [3.05, 3.63) is 29.8 Å². The monoisotopic (exact) mass is 362 g/mol. The maximum Gasteiger partial charge on any atom is 0.258 e. The average molecular weight is 363 g/mol. The van der Waals surface area contributed by atoms with E-state index in [0.29, 0.717) is 5.82 Å². The van der Waals surface area contributed by atoms with E-state index in [0.717, 1.165) is 37.8 Å². The van der Waals surface area contributed by atoms with Crippen LogP contribution >= 0.6 is 12.4 Å². The molecule has 0 unspecified atom stereocenters. The highest BCUT2D eigenvalue weighted by molar-refractivity contribution is 7.89. The zero-order valence-electron chi connectivity index (χ0n) is 12.0. The molecule has 1 aliphatic carbocycles. The molecule has 0 saturated heterocycles. The number of nitrogens with zero attached hydrogens (tertiary/aromatic N) is 2. The Labute approximate surface area is 138 Å². The van der Waals surface area contributed by atoms with Crippen molar-refractivity contribution in [3.63, 3.8) is 0 Å². The van der Waals surface area contributed by atoms with E-state index in [1.54, 1.807) is 0 Å². The fourth-order valence-electron chi connectivity index (χ4n) is 2.64. The molecule has 0 radical (unpaired) electrons. The third-order valence-electron chi connectivity index (χ3n) is 3.85. The summed E-state index contributed by atoms with van der Waals surface area (Å²) in [5.41, 5.74) is 5.89. The Hall–Kier alpha value is -1.55. The van der Waals surface area contributed by atoms with Crippen LogP contribution < -0.4 is 10.9 Å². The first-order valence-corrected chi connectivity index (χ1v) is 8.30. The van der Waals surface area contributed by atoms with Crippen molar-refractivity contribution in [1.82, 2.24) is 10.1 Å².